The summed E-state index contributed by atoms with van der Waals surface area (Å²) in [5.41, 5.74) is 1.57. The Labute approximate surface area is 92.5 Å². The van der Waals surface area contributed by atoms with Crippen molar-refractivity contribution in [2.24, 2.45) is 0 Å². The molecule has 0 saturated carbocycles. The highest BCUT2D eigenvalue weighted by Crippen LogP contribution is 2.07. The van der Waals surface area contributed by atoms with Gasteiger partial charge in [-0.15, -0.1) is 0 Å². The molecule has 16 heavy (non-hydrogen) atoms. The maximum Gasteiger partial charge on any atom is 0.267 e. The van der Waals surface area contributed by atoms with Crippen molar-refractivity contribution in [3.8, 4) is 0 Å². The van der Waals surface area contributed by atoms with Crippen LogP contribution in [0.25, 0.3) is 0 Å². The zero-order chi connectivity index (χ0) is 11.5. The molecule has 88 valence electrons. The average Bonchev–Trinajstić information content (AvgIpc) is 2.30. The highest BCUT2D eigenvalue weighted by Gasteiger charge is 2.14. The van der Waals surface area contributed by atoms with Crippen LogP contribution in [0.3, 0.4) is 0 Å². The number of aromatic nitrogens is 2. The van der Waals surface area contributed by atoms with Crippen molar-refractivity contribution in [1.29, 1.82) is 0 Å². The second kappa shape index (κ2) is 4.73. The fourth-order valence-corrected chi connectivity index (χ4v) is 1.75. The highest BCUT2D eigenvalue weighted by atomic mass is 16.3. The molecule has 0 amide bonds. The van der Waals surface area contributed by atoms with Crippen LogP contribution in [-0.4, -0.2) is 39.2 Å². The Morgan fingerprint density at radius 3 is 3.19 bits per heavy atom. The summed E-state index contributed by atoms with van der Waals surface area (Å²) < 4.78 is 1.21. The summed E-state index contributed by atoms with van der Waals surface area (Å²) >= 11 is 0. The molecule has 0 bridgehead atoms. The maximum atomic E-state index is 11.6. The molecule has 1 aliphatic rings. The summed E-state index contributed by atoms with van der Waals surface area (Å²) in [4.78, 5) is 11.6. The minimum Gasteiger partial charge on any atom is -0.394 e. The van der Waals surface area contributed by atoms with E-state index in [1.807, 2.05) is 0 Å². The van der Waals surface area contributed by atoms with E-state index in [2.05, 4.69) is 10.4 Å². The number of hydrogen-bond acceptors (Lipinski definition) is 5. The van der Waals surface area contributed by atoms with Crippen LogP contribution < -0.4 is 10.9 Å². The molecule has 1 aromatic rings. The Bertz CT molecular complexity index is 430. The summed E-state index contributed by atoms with van der Waals surface area (Å²) in [6.45, 7) is 1.19. The number of nitrogens with zero attached hydrogens (tertiary/aromatic N) is 2. The molecule has 6 heteroatoms. The minimum atomic E-state index is -0.940. The van der Waals surface area contributed by atoms with Crippen molar-refractivity contribution in [1.82, 2.24) is 15.1 Å². The molecular formula is C10H15N3O3. The topological polar surface area (TPSA) is 87.4 Å². The number of hydrogen-bond donors (Lipinski definition) is 3. The summed E-state index contributed by atoms with van der Waals surface area (Å²) in [6, 6.07) is 1.54. The zero-order valence-corrected chi connectivity index (χ0v) is 8.89. The normalized spacial score (nSPS) is 16.9. The van der Waals surface area contributed by atoms with E-state index < -0.39 is 6.10 Å². The largest absolute Gasteiger partial charge is 0.394 e. The molecule has 1 atom stereocenters. The highest BCUT2D eigenvalue weighted by molar-refractivity contribution is 5.20. The minimum absolute atomic E-state index is 0.0377. The monoisotopic (exact) mass is 225 g/mol. The molecule has 1 aromatic heterocycles. The van der Waals surface area contributed by atoms with Crippen molar-refractivity contribution in [3.63, 3.8) is 0 Å². The van der Waals surface area contributed by atoms with Crippen LogP contribution in [-0.2, 0) is 19.5 Å². The van der Waals surface area contributed by atoms with Gasteiger partial charge in [0.15, 0.2) is 0 Å². The second-order valence-corrected chi connectivity index (χ2v) is 3.90. The number of fused-ring (bicyclic) bond motifs is 1. The Hall–Kier alpha value is -1.24. The van der Waals surface area contributed by atoms with Gasteiger partial charge < -0.3 is 15.5 Å². The van der Waals surface area contributed by atoms with Gasteiger partial charge in [0.05, 0.1) is 24.9 Å². The number of aliphatic hydroxyl groups excluding tert-OH is 2. The molecule has 0 aromatic carbocycles. The third kappa shape index (κ3) is 2.29. The van der Waals surface area contributed by atoms with Crippen LogP contribution >= 0.6 is 0 Å². The molecule has 1 aliphatic heterocycles. The van der Waals surface area contributed by atoms with Crippen LogP contribution in [0.1, 0.15) is 11.3 Å². The van der Waals surface area contributed by atoms with Crippen LogP contribution in [0.5, 0.6) is 0 Å². The lowest BCUT2D eigenvalue weighted by Crippen LogP contribution is -2.34. The van der Waals surface area contributed by atoms with E-state index in [0.29, 0.717) is 6.54 Å². The van der Waals surface area contributed by atoms with E-state index in [4.69, 9.17) is 5.11 Å². The van der Waals surface area contributed by atoms with Crippen LogP contribution in [0.4, 0.5) is 0 Å². The van der Waals surface area contributed by atoms with Crippen molar-refractivity contribution in [2.75, 3.05) is 13.2 Å². The fourth-order valence-electron chi connectivity index (χ4n) is 1.75. The van der Waals surface area contributed by atoms with Gasteiger partial charge in [-0.25, -0.2) is 4.68 Å². The fraction of sp³-hybridized carbons (Fsp3) is 0.600. The smallest absolute Gasteiger partial charge is 0.267 e. The Morgan fingerprint density at radius 1 is 1.62 bits per heavy atom. The van der Waals surface area contributed by atoms with Gasteiger partial charge >= 0.3 is 0 Å². The quantitative estimate of drug-likeness (QED) is 0.567. The van der Waals surface area contributed by atoms with E-state index >= 15 is 0 Å². The molecule has 2 rings (SSSR count). The Kier molecular flexibility index (Phi) is 3.33. The molecule has 0 fully saturated rings. The predicted octanol–water partition coefficient (Wildman–Crippen LogP) is -1.76. The third-order valence-electron chi connectivity index (χ3n) is 2.61. The van der Waals surface area contributed by atoms with Gasteiger partial charge in [-0.2, -0.15) is 5.10 Å². The molecular weight excluding hydrogens is 210 g/mol. The molecule has 0 spiro atoms. The summed E-state index contributed by atoms with van der Waals surface area (Å²) in [7, 11) is 0. The summed E-state index contributed by atoms with van der Waals surface area (Å²) in [6.07, 6.45) is -0.157. The maximum absolute atomic E-state index is 11.6. The SMILES string of the molecule is O=c1cc2c(nn1CC(O)CO)CCNC2. The number of rotatable bonds is 3. The molecule has 2 heterocycles. The molecule has 1 unspecified atom stereocenters. The average molecular weight is 225 g/mol. The molecule has 6 nitrogen and oxygen atoms in total. The van der Waals surface area contributed by atoms with Crippen LogP contribution in [0.15, 0.2) is 10.9 Å². The third-order valence-corrected chi connectivity index (χ3v) is 2.61. The Balaban J connectivity index is 2.29. The van der Waals surface area contributed by atoms with Gasteiger partial charge in [0.25, 0.3) is 5.56 Å². The molecule has 0 radical (unpaired) electrons. The van der Waals surface area contributed by atoms with E-state index in [1.54, 1.807) is 6.07 Å². The standard InChI is InChI=1S/C10H15N3O3/c14-6-8(15)5-13-10(16)3-7-4-11-2-1-9(7)12-13/h3,8,11,14-15H,1-2,4-6H2. The lowest BCUT2D eigenvalue weighted by Gasteiger charge is -2.17. The summed E-state index contributed by atoms with van der Waals surface area (Å²) in [5, 5.41) is 25.4. The van der Waals surface area contributed by atoms with Gasteiger partial charge in [0, 0.05) is 25.6 Å². The zero-order valence-electron chi connectivity index (χ0n) is 8.89. The van der Waals surface area contributed by atoms with Crippen molar-refractivity contribution >= 4 is 0 Å². The number of nitrogens with one attached hydrogen (secondary N) is 1. The second-order valence-electron chi connectivity index (χ2n) is 3.90. The van der Waals surface area contributed by atoms with Gasteiger partial charge in [0.1, 0.15) is 0 Å². The van der Waals surface area contributed by atoms with Gasteiger partial charge in [-0.3, -0.25) is 4.79 Å². The molecule has 3 N–H and O–H groups in total. The molecule has 0 saturated heterocycles. The van der Waals surface area contributed by atoms with Crippen molar-refractivity contribution < 1.29 is 10.2 Å². The van der Waals surface area contributed by atoms with Gasteiger partial charge in [-0.05, 0) is 5.56 Å². The first-order valence-electron chi connectivity index (χ1n) is 5.30. The number of aliphatic hydroxyl groups is 2. The summed E-state index contributed by atoms with van der Waals surface area (Å²) in [5.74, 6) is 0. The first kappa shape index (κ1) is 11.3. The van der Waals surface area contributed by atoms with E-state index in [-0.39, 0.29) is 18.7 Å². The molecule has 0 aliphatic carbocycles. The first-order chi connectivity index (χ1) is 7.70. The lowest BCUT2D eigenvalue weighted by atomic mass is 10.1. The van der Waals surface area contributed by atoms with Gasteiger partial charge in [-0.1, -0.05) is 0 Å². The van der Waals surface area contributed by atoms with Crippen molar-refractivity contribution in [3.05, 3.63) is 27.7 Å². The van der Waals surface area contributed by atoms with Crippen LogP contribution in [0.2, 0.25) is 0 Å². The predicted molar refractivity (Wildman–Crippen MR) is 57.0 cm³/mol. The Morgan fingerprint density at radius 2 is 2.44 bits per heavy atom. The van der Waals surface area contributed by atoms with E-state index in [0.717, 1.165) is 24.2 Å². The van der Waals surface area contributed by atoms with E-state index in [9.17, 15) is 9.90 Å². The van der Waals surface area contributed by atoms with Crippen molar-refractivity contribution in [2.45, 2.75) is 25.6 Å². The lowest BCUT2D eigenvalue weighted by molar-refractivity contribution is 0.0767. The van der Waals surface area contributed by atoms with Gasteiger partial charge in [0.2, 0.25) is 0 Å². The van der Waals surface area contributed by atoms with E-state index in [1.165, 1.54) is 4.68 Å². The first-order valence-corrected chi connectivity index (χ1v) is 5.30. The van der Waals surface area contributed by atoms with Crippen LogP contribution in [0, 0.1) is 0 Å².